The number of rotatable bonds is 4. The molecule has 0 bridgehead atoms. The molecule has 5 nitrogen and oxygen atoms in total. The first kappa shape index (κ1) is 19.8. The minimum Gasteiger partial charge on any atom is -0.393 e. The first-order chi connectivity index (χ1) is 13.1. The minimum atomic E-state index is -4.49. The zero-order chi connectivity index (χ0) is 20.5. The van der Waals surface area contributed by atoms with Gasteiger partial charge in [-0.2, -0.15) is 13.2 Å². The van der Waals surface area contributed by atoms with Gasteiger partial charge in [-0.15, -0.1) is 0 Å². The van der Waals surface area contributed by atoms with Crippen LogP contribution in [0.15, 0.2) is 42.7 Å². The van der Waals surface area contributed by atoms with Crippen LogP contribution in [0, 0.1) is 13.8 Å². The highest BCUT2D eigenvalue weighted by atomic mass is 35.5. The van der Waals surface area contributed by atoms with Crippen LogP contribution in [0.1, 0.15) is 16.7 Å². The van der Waals surface area contributed by atoms with Gasteiger partial charge in [0.2, 0.25) is 0 Å². The summed E-state index contributed by atoms with van der Waals surface area (Å²) in [6.07, 6.45) is -3.24. The van der Waals surface area contributed by atoms with E-state index in [1.54, 1.807) is 0 Å². The van der Waals surface area contributed by atoms with Gasteiger partial charge in [-0.05, 0) is 55.3 Å². The van der Waals surface area contributed by atoms with Gasteiger partial charge in [-0.1, -0.05) is 17.7 Å². The third-order valence-electron chi connectivity index (χ3n) is 3.92. The maximum atomic E-state index is 13.0. The average Bonchev–Trinajstić information content (AvgIpc) is 2.58. The molecule has 0 fully saturated rings. The lowest BCUT2D eigenvalue weighted by atomic mass is 10.1. The maximum Gasteiger partial charge on any atom is 0.416 e. The van der Waals surface area contributed by atoms with E-state index < -0.39 is 11.7 Å². The van der Waals surface area contributed by atoms with Crippen molar-refractivity contribution >= 4 is 40.3 Å². The molecule has 2 aromatic carbocycles. The van der Waals surface area contributed by atoms with Gasteiger partial charge in [-0.25, -0.2) is 9.97 Å². The van der Waals surface area contributed by atoms with E-state index in [0.717, 1.165) is 28.9 Å². The highest BCUT2D eigenvalue weighted by molar-refractivity contribution is 6.33. The molecule has 0 atom stereocenters. The van der Waals surface area contributed by atoms with Gasteiger partial charge in [-0.3, -0.25) is 0 Å². The smallest absolute Gasteiger partial charge is 0.393 e. The zero-order valence-electron chi connectivity index (χ0n) is 15.0. The van der Waals surface area contributed by atoms with Crippen molar-refractivity contribution in [1.82, 2.24) is 9.97 Å². The van der Waals surface area contributed by atoms with Crippen molar-refractivity contribution < 1.29 is 13.2 Å². The van der Waals surface area contributed by atoms with E-state index in [1.807, 2.05) is 32.0 Å². The number of benzene rings is 2. The second-order valence-corrected chi connectivity index (χ2v) is 6.71. The van der Waals surface area contributed by atoms with E-state index in [1.165, 1.54) is 12.4 Å². The summed E-state index contributed by atoms with van der Waals surface area (Å²) in [5.41, 5.74) is 8.37. The van der Waals surface area contributed by atoms with Gasteiger partial charge in [0, 0.05) is 5.69 Å². The van der Waals surface area contributed by atoms with Gasteiger partial charge < -0.3 is 16.4 Å². The van der Waals surface area contributed by atoms with Crippen LogP contribution < -0.4 is 16.4 Å². The van der Waals surface area contributed by atoms with E-state index >= 15 is 0 Å². The highest BCUT2D eigenvalue weighted by Gasteiger charge is 2.31. The number of aryl methyl sites for hydroxylation is 2. The number of hydrogen-bond donors (Lipinski definition) is 3. The SMILES string of the molecule is Cc1cc(C)cc(Nc2ncnc(Nc3cc(C(F)(F)F)ccc3Cl)c2N)c1. The lowest BCUT2D eigenvalue weighted by molar-refractivity contribution is -0.137. The number of hydrogen-bond acceptors (Lipinski definition) is 5. The van der Waals surface area contributed by atoms with Crippen LogP contribution in [0.5, 0.6) is 0 Å². The highest BCUT2D eigenvalue weighted by Crippen LogP contribution is 2.36. The van der Waals surface area contributed by atoms with Gasteiger partial charge >= 0.3 is 6.18 Å². The quantitative estimate of drug-likeness (QED) is 0.507. The third-order valence-corrected chi connectivity index (χ3v) is 4.24. The first-order valence-corrected chi connectivity index (χ1v) is 8.61. The summed E-state index contributed by atoms with van der Waals surface area (Å²) >= 11 is 6.02. The molecule has 0 aliphatic heterocycles. The molecule has 0 radical (unpaired) electrons. The van der Waals surface area contributed by atoms with Crippen molar-refractivity contribution in [3.8, 4) is 0 Å². The maximum absolute atomic E-state index is 13.0. The number of nitrogens with one attached hydrogen (secondary N) is 2. The number of nitrogen functional groups attached to an aromatic ring is 1. The fourth-order valence-electron chi connectivity index (χ4n) is 2.70. The number of alkyl halides is 3. The third kappa shape index (κ3) is 4.45. The molecular formula is C19H17ClF3N5. The van der Waals surface area contributed by atoms with Crippen molar-refractivity contribution in [1.29, 1.82) is 0 Å². The summed E-state index contributed by atoms with van der Waals surface area (Å²) in [4.78, 5) is 8.13. The summed E-state index contributed by atoms with van der Waals surface area (Å²) in [5, 5.41) is 5.96. The van der Waals surface area contributed by atoms with E-state index in [9.17, 15) is 13.2 Å². The normalized spacial score (nSPS) is 11.4. The molecule has 0 amide bonds. The van der Waals surface area contributed by atoms with Crippen LogP contribution in [0.2, 0.25) is 5.02 Å². The molecule has 0 saturated heterocycles. The Balaban J connectivity index is 1.92. The topological polar surface area (TPSA) is 75.9 Å². The average molecular weight is 408 g/mol. The van der Waals surface area contributed by atoms with Crippen LogP contribution in [0.25, 0.3) is 0 Å². The monoisotopic (exact) mass is 407 g/mol. The number of nitrogens with zero attached hydrogens (tertiary/aromatic N) is 2. The molecule has 1 heterocycles. The van der Waals surface area contributed by atoms with Crippen molar-refractivity contribution in [2.75, 3.05) is 16.4 Å². The number of aromatic nitrogens is 2. The first-order valence-electron chi connectivity index (χ1n) is 8.23. The predicted octanol–water partition coefficient (Wildman–Crippen LogP) is 5.84. The van der Waals surface area contributed by atoms with Crippen LogP contribution in [-0.2, 0) is 6.18 Å². The van der Waals surface area contributed by atoms with Gasteiger partial charge in [0.1, 0.15) is 12.0 Å². The summed E-state index contributed by atoms with van der Waals surface area (Å²) in [7, 11) is 0. The molecule has 0 saturated carbocycles. The molecule has 3 rings (SSSR count). The van der Waals surface area contributed by atoms with Crippen molar-refractivity contribution in [3.05, 3.63) is 64.4 Å². The van der Waals surface area contributed by atoms with E-state index in [-0.39, 0.29) is 22.2 Å². The van der Waals surface area contributed by atoms with Gasteiger partial charge in [0.25, 0.3) is 0 Å². The molecule has 1 aromatic heterocycles. The van der Waals surface area contributed by atoms with E-state index in [0.29, 0.717) is 5.82 Å². The molecule has 146 valence electrons. The van der Waals surface area contributed by atoms with Gasteiger partial charge in [0.15, 0.2) is 11.6 Å². The Morgan fingerprint density at radius 1 is 0.929 bits per heavy atom. The molecule has 0 unspecified atom stereocenters. The summed E-state index contributed by atoms with van der Waals surface area (Å²) in [5.74, 6) is 0.466. The number of anilines is 5. The van der Waals surface area contributed by atoms with Crippen molar-refractivity contribution in [2.45, 2.75) is 20.0 Å². The van der Waals surface area contributed by atoms with Crippen molar-refractivity contribution in [2.24, 2.45) is 0 Å². The molecule has 3 aromatic rings. The molecule has 9 heteroatoms. The Bertz CT molecular complexity index is 1000. The Hall–Kier alpha value is -3.00. The number of halogens is 4. The Morgan fingerprint density at radius 3 is 2.14 bits per heavy atom. The predicted molar refractivity (Wildman–Crippen MR) is 105 cm³/mol. The summed E-state index contributed by atoms with van der Waals surface area (Å²) < 4.78 is 38.9. The lowest BCUT2D eigenvalue weighted by Crippen LogP contribution is -2.08. The standard InChI is InChI=1S/C19H17ClF3N5/c1-10-5-11(2)7-13(6-10)27-17-16(24)18(26-9-25-17)28-15-8-12(19(21,22)23)3-4-14(15)20/h3-9H,24H2,1-2H3,(H2,25,26,27,28). The molecule has 0 aliphatic carbocycles. The van der Waals surface area contributed by atoms with Crippen molar-refractivity contribution in [3.63, 3.8) is 0 Å². The lowest BCUT2D eigenvalue weighted by Gasteiger charge is -2.15. The van der Waals surface area contributed by atoms with Crippen LogP contribution in [0.4, 0.5) is 41.9 Å². The van der Waals surface area contributed by atoms with Crippen LogP contribution in [0.3, 0.4) is 0 Å². The molecule has 4 N–H and O–H groups in total. The summed E-state index contributed by atoms with van der Waals surface area (Å²) in [6, 6.07) is 8.84. The molecule has 0 aliphatic rings. The molecule has 28 heavy (non-hydrogen) atoms. The Kier molecular flexibility index (Phi) is 5.33. The second-order valence-electron chi connectivity index (χ2n) is 6.30. The Morgan fingerprint density at radius 2 is 1.54 bits per heavy atom. The number of nitrogens with two attached hydrogens (primary N) is 1. The fourth-order valence-corrected chi connectivity index (χ4v) is 2.87. The molecular weight excluding hydrogens is 391 g/mol. The van der Waals surface area contributed by atoms with E-state index in [2.05, 4.69) is 20.6 Å². The Labute approximate surface area is 164 Å². The second kappa shape index (κ2) is 7.55. The van der Waals surface area contributed by atoms with Crippen LogP contribution in [-0.4, -0.2) is 9.97 Å². The van der Waals surface area contributed by atoms with E-state index in [4.69, 9.17) is 17.3 Å². The molecule has 0 spiro atoms. The van der Waals surface area contributed by atoms with Gasteiger partial charge in [0.05, 0.1) is 16.3 Å². The van der Waals surface area contributed by atoms with Crippen LogP contribution >= 0.6 is 11.6 Å². The zero-order valence-corrected chi connectivity index (χ0v) is 15.8. The fraction of sp³-hybridized carbons (Fsp3) is 0.158. The largest absolute Gasteiger partial charge is 0.416 e. The summed E-state index contributed by atoms with van der Waals surface area (Å²) in [6.45, 7) is 3.92. The minimum absolute atomic E-state index is 0.0410.